The van der Waals surface area contributed by atoms with Gasteiger partial charge in [-0.1, -0.05) is 0 Å². The van der Waals surface area contributed by atoms with Gasteiger partial charge in [0.1, 0.15) is 0 Å². The molecular weight excluding hydrogens is 162 g/mol. The summed E-state index contributed by atoms with van der Waals surface area (Å²) < 4.78 is 0. The Labute approximate surface area is 79.6 Å². The van der Waals surface area contributed by atoms with Gasteiger partial charge in [0.05, 0.1) is 11.7 Å². The van der Waals surface area contributed by atoms with Crippen molar-refractivity contribution < 1.29 is 0 Å². The number of hydrogen-bond acceptors (Lipinski definition) is 3. The fourth-order valence-electron chi connectivity index (χ4n) is 1.34. The van der Waals surface area contributed by atoms with Gasteiger partial charge in [0.25, 0.3) is 0 Å². The molecule has 0 fully saturated rings. The van der Waals surface area contributed by atoms with Crippen molar-refractivity contribution in [2.75, 3.05) is 20.6 Å². The van der Waals surface area contributed by atoms with Crippen molar-refractivity contribution in [3.63, 3.8) is 0 Å². The van der Waals surface area contributed by atoms with Gasteiger partial charge in [-0.2, -0.15) is 0 Å². The monoisotopic (exact) mass is 179 g/mol. The van der Waals surface area contributed by atoms with Crippen LogP contribution in [0.5, 0.6) is 0 Å². The number of nitrogens with two attached hydrogens (primary N) is 1. The van der Waals surface area contributed by atoms with Crippen LogP contribution in [0.2, 0.25) is 0 Å². The van der Waals surface area contributed by atoms with E-state index in [1.165, 1.54) is 5.56 Å². The molecule has 1 aromatic rings. The number of hydrogen-bond donors (Lipinski definition) is 1. The van der Waals surface area contributed by atoms with E-state index >= 15 is 0 Å². The molecule has 0 saturated heterocycles. The van der Waals surface area contributed by atoms with Crippen molar-refractivity contribution in [3.05, 3.63) is 29.6 Å². The summed E-state index contributed by atoms with van der Waals surface area (Å²) in [4.78, 5) is 6.40. The summed E-state index contributed by atoms with van der Waals surface area (Å²) in [7, 11) is 4.03. The van der Waals surface area contributed by atoms with E-state index in [-0.39, 0.29) is 6.04 Å². The van der Waals surface area contributed by atoms with Crippen LogP contribution < -0.4 is 5.73 Å². The molecule has 72 valence electrons. The van der Waals surface area contributed by atoms with Crippen LogP contribution in [0.4, 0.5) is 0 Å². The molecule has 0 amide bonds. The largest absolute Gasteiger partial charge is 0.329 e. The molecule has 0 aliphatic heterocycles. The maximum absolute atomic E-state index is 5.67. The normalized spacial score (nSPS) is 13.3. The van der Waals surface area contributed by atoms with Crippen LogP contribution in [0.15, 0.2) is 18.3 Å². The lowest BCUT2D eigenvalue weighted by atomic mass is 10.1. The summed E-state index contributed by atoms with van der Waals surface area (Å²) in [6.07, 6.45) is 1.83. The molecule has 1 unspecified atom stereocenters. The van der Waals surface area contributed by atoms with Crippen molar-refractivity contribution in [1.29, 1.82) is 0 Å². The first-order chi connectivity index (χ1) is 6.15. The third kappa shape index (κ3) is 2.50. The number of nitrogens with zero attached hydrogens (tertiary/aromatic N) is 2. The Morgan fingerprint density at radius 2 is 2.23 bits per heavy atom. The average Bonchev–Trinajstić information content (AvgIpc) is 2.04. The van der Waals surface area contributed by atoms with Gasteiger partial charge in [0.15, 0.2) is 0 Å². The van der Waals surface area contributed by atoms with E-state index in [1.807, 2.05) is 26.4 Å². The van der Waals surface area contributed by atoms with Crippen molar-refractivity contribution in [2.24, 2.45) is 5.73 Å². The topological polar surface area (TPSA) is 42.1 Å². The Balaban J connectivity index is 2.91. The second-order valence-electron chi connectivity index (χ2n) is 3.47. The number of rotatable bonds is 3. The first-order valence-corrected chi connectivity index (χ1v) is 4.44. The van der Waals surface area contributed by atoms with Gasteiger partial charge in [0.2, 0.25) is 0 Å². The molecule has 1 aromatic heterocycles. The van der Waals surface area contributed by atoms with Crippen LogP contribution in [-0.2, 0) is 0 Å². The maximum Gasteiger partial charge on any atom is 0.0639 e. The van der Waals surface area contributed by atoms with Gasteiger partial charge in [-0.25, -0.2) is 0 Å². The standard InChI is InChI=1S/C10H17N3/c1-8-4-5-12-9(6-8)10(7-11)13(2)3/h4-6,10H,7,11H2,1-3H3. The van der Waals surface area contributed by atoms with E-state index in [1.54, 1.807) is 0 Å². The van der Waals surface area contributed by atoms with E-state index < -0.39 is 0 Å². The van der Waals surface area contributed by atoms with Crippen LogP contribution in [0.1, 0.15) is 17.3 Å². The molecule has 3 nitrogen and oxygen atoms in total. The van der Waals surface area contributed by atoms with E-state index in [4.69, 9.17) is 5.73 Å². The third-order valence-electron chi connectivity index (χ3n) is 2.12. The lowest BCUT2D eigenvalue weighted by molar-refractivity contribution is 0.300. The van der Waals surface area contributed by atoms with Gasteiger partial charge < -0.3 is 5.73 Å². The molecule has 0 saturated carbocycles. The molecule has 0 bridgehead atoms. The van der Waals surface area contributed by atoms with Crippen LogP contribution in [0, 0.1) is 6.92 Å². The molecule has 0 radical (unpaired) electrons. The molecular formula is C10H17N3. The minimum Gasteiger partial charge on any atom is -0.329 e. The summed E-state index contributed by atoms with van der Waals surface area (Å²) in [6, 6.07) is 4.30. The highest BCUT2D eigenvalue weighted by molar-refractivity contribution is 5.17. The van der Waals surface area contributed by atoms with Gasteiger partial charge in [-0.15, -0.1) is 0 Å². The highest BCUT2D eigenvalue weighted by Gasteiger charge is 2.12. The number of aromatic nitrogens is 1. The minimum absolute atomic E-state index is 0.222. The number of likely N-dealkylation sites (N-methyl/N-ethyl adjacent to an activating group) is 1. The SMILES string of the molecule is Cc1ccnc(C(CN)N(C)C)c1. The van der Waals surface area contributed by atoms with E-state index in [0.29, 0.717) is 6.54 Å². The molecule has 0 spiro atoms. The molecule has 2 N–H and O–H groups in total. The molecule has 1 rings (SSSR count). The average molecular weight is 179 g/mol. The van der Waals surface area contributed by atoms with Gasteiger partial charge in [-0.3, -0.25) is 9.88 Å². The lowest BCUT2D eigenvalue weighted by Crippen LogP contribution is -2.27. The molecule has 1 heterocycles. The Kier molecular flexibility index (Phi) is 3.39. The summed E-state index contributed by atoms with van der Waals surface area (Å²) in [5.74, 6) is 0. The molecule has 0 aromatic carbocycles. The first kappa shape index (κ1) is 10.2. The van der Waals surface area contributed by atoms with E-state index in [0.717, 1.165) is 5.69 Å². The van der Waals surface area contributed by atoms with Crippen LogP contribution in [0.25, 0.3) is 0 Å². The zero-order chi connectivity index (χ0) is 9.84. The van der Waals surface area contributed by atoms with Crippen LogP contribution in [0.3, 0.4) is 0 Å². The highest BCUT2D eigenvalue weighted by Crippen LogP contribution is 2.14. The second kappa shape index (κ2) is 4.35. The molecule has 0 aliphatic rings. The fourth-order valence-corrected chi connectivity index (χ4v) is 1.34. The third-order valence-corrected chi connectivity index (χ3v) is 2.12. The zero-order valence-corrected chi connectivity index (χ0v) is 8.49. The minimum atomic E-state index is 0.222. The smallest absolute Gasteiger partial charge is 0.0639 e. The molecule has 13 heavy (non-hydrogen) atoms. The first-order valence-electron chi connectivity index (χ1n) is 4.44. The Bertz CT molecular complexity index is 271. The van der Waals surface area contributed by atoms with Crippen molar-refractivity contribution in [1.82, 2.24) is 9.88 Å². The van der Waals surface area contributed by atoms with Gasteiger partial charge >= 0.3 is 0 Å². The predicted molar refractivity (Wildman–Crippen MR) is 54.5 cm³/mol. The van der Waals surface area contributed by atoms with Crippen molar-refractivity contribution >= 4 is 0 Å². The molecule has 3 heteroatoms. The maximum atomic E-state index is 5.67. The molecule has 1 atom stereocenters. The number of pyridine rings is 1. The van der Waals surface area contributed by atoms with Crippen LogP contribution >= 0.6 is 0 Å². The van der Waals surface area contributed by atoms with Crippen LogP contribution in [-0.4, -0.2) is 30.5 Å². The Morgan fingerprint density at radius 3 is 2.69 bits per heavy atom. The van der Waals surface area contributed by atoms with E-state index in [2.05, 4.69) is 22.9 Å². The second-order valence-corrected chi connectivity index (χ2v) is 3.47. The lowest BCUT2D eigenvalue weighted by Gasteiger charge is -2.22. The number of aryl methyl sites for hydroxylation is 1. The Hall–Kier alpha value is -0.930. The molecule has 0 aliphatic carbocycles. The van der Waals surface area contributed by atoms with Crippen molar-refractivity contribution in [3.8, 4) is 0 Å². The van der Waals surface area contributed by atoms with Gasteiger partial charge in [-0.05, 0) is 38.7 Å². The summed E-state index contributed by atoms with van der Waals surface area (Å²) in [5, 5.41) is 0. The summed E-state index contributed by atoms with van der Waals surface area (Å²) in [6.45, 7) is 2.66. The zero-order valence-electron chi connectivity index (χ0n) is 8.49. The quantitative estimate of drug-likeness (QED) is 0.751. The van der Waals surface area contributed by atoms with E-state index in [9.17, 15) is 0 Å². The Morgan fingerprint density at radius 1 is 1.54 bits per heavy atom. The van der Waals surface area contributed by atoms with Crippen molar-refractivity contribution in [2.45, 2.75) is 13.0 Å². The fraction of sp³-hybridized carbons (Fsp3) is 0.500. The predicted octanol–water partition coefficient (Wildman–Crippen LogP) is 0.951. The highest BCUT2D eigenvalue weighted by atomic mass is 15.1. The summed E-state index contributed by atoms with van der Waals surface area (Å²) in [5.41, 5.74) is 7.95. The summed E-state index contributed by atoms with van der Waals surface area (Å²) >= 11 is 0. The van der Waals surface area contributed by atoms with Gasteiger partial charge in [0, 0.05) is 12.7 Å².